The fourth-order valence-electron chi connectivity index (χ4n) is 3.23. The van der Waals surface area contributed by atoms with E-state index >= 15 is 0 Å². The van der Waals surface area contributed by atoms with E-state index in [4.69, 9.17) is 9.15 Å². The lowest BCUT2D eigenvalue weighted by Gasteiger charge is -2.19. The van der Waals surface area contributed by atoms with Crippen molar-refractivity contribution >= 4 is 0 Å². The van der Waals surface area contributed by atoms with Gasteiger partial charge in [0, 0.05) is 6.42 Å². The average molecular weight is 451 g/mol. The predicted octanol–water partition coefficient (Wildman–Crippen LogP) is 9.14. The zero-order valence-electron chi connectivity index (χ0n) is 22.7. The summed E-state index contributed by atoms with van der Waals surface area (Å²) in [5.41, 5.74) is 3.68. The van der Waals surface area contributed by atoms with Gasteiger partial charge in [0.05, 0.1) is 13.4 Å². The van der Waals surface area contributed by atoms with E-state index in [1.54, 1.807) is 13.4 Å². The summed E-state index contributed by atoms with van der Waals surface area (Å²) in [6, 6.07) is 22.8. The van der Waals surface area contributed by atoms with Gasteiger partial charge in [-0.25, -0.2) is 0 Å². The van der Waals surface area contributed by atoms with E-state index in [1.807, 2.05) is 24.3 Å². The van der Waals surface area contributed by atoms with Crippen LogP contribution in [0.1, 0.15) is 79.2 Å². The third kappa shape index (κ3) is 13.6. The summed E-state index contributed by atoms with van der Waals surface area (Å²) >= 11 is 0. The largest absolute Gasteiger partial charge is 0.497 e. The van der Waals surface area contributed by atoms with Gasteiger partial charge in [0.25, 0.3) is 0 Å². The highest BCUT2D eigenvalue weighted by atomic mass is 16.5. The number of benzene rings is 2. The molecule has 0 aliphatic heterocycles. The summed E-state index contributed by atoms with van der Waals surface area (Å²) in [4.78, 5) is 0. The Labute approximate surface area is 203 Å². The average Bonchev–Trinajstić information content (AvgIpc) is 3.19. The van der Waals surface area contributed by atoms with E-state index in [9.17, 15) is 0 Å². The lowest BCUT2D eigenvalue weighted by Crippen LogP contribution is -2.10. The van der Waals surface area contributed by atoms with Gasteiger partial charge in [0.2, 0.25) is 0 Å². The summed E-state index contributed by atoms with van der Waals surface area (Å²) in [5.74, 6) is 2.01. The quantitative estimate of drug-likeness (QED) is 0.397. The lowest BCUT2D eigenvalue weighted by molar-refractivity contribution is 0.363. The Morgan fingerprint density at radius 3 is 1.73 bits per heavy atom. The zero-order chi connectivity index (χ0) is 25.1. The van der Waals surface area contributed by atoms with E-state index in [1.165, 1.54) is 11.1 Å². The van der Waals surface area contributed by atoms with Crippen molar-refractivity contribution in [3.05, 3.63) is 89.9 Å². The molecule has 0 aliphatic carbocycles. The summed E-state index contributed by atoms with van der Waals surface area (Å²) in [7, 11) is 1.70. The highest BCUT2D eigenvalue weighted by Crippen LogP contribution is 2.25. The van der Waals surface area contributed by atoms with Crippen LogP contribution < -0.4 is 4.74 Å². The van der Waals surface area contributed by atoms with E-state index in [-0.39, 0.29) is 5.41 Å². The Balaban J connectivity index is 0.000000249. The standard InChI is InChI=1S/C11H16O.C11H16.C9H14O/c1-11(2,3)9-6-5-7-10(8-9)12-4;1-11(2,3)9-10-7-5-4-6-8-10;1-9(2,3)7-8-5-4-6-10-8/h5-8H,1-4H3;4-8H,9H2,1-3H3;4-6H,7H2,1-3H3. The fraction of sp³-hybridized carbons (Fsp3) is 0.484. The first-order valence-corrected chi connectivity index (χ1v) is 11.9. The fourth-order valence-corrected chi connectivity index (χ4v) is 3.23. The molecule has 0 saturated carbocycles. The number of hydrogen-bond acceptors (Lipinski definition) is 2. The van der Waals surface area contributed by atoms with Gasteiger partial charge in [-0.1, -0.05) is 105 Å². The third-order valence-electron chi connectivity index (χ3n) is 4.80. The number of methoxy groups -OCH3 is 1. The maximum atomic E-state index is 5.21. The molecule has 0 N–H and O–H groups in total. The molecule has 2 nitrogen and oxygen atoms in total. The Hall–Kier alpha value is -2.48. The van der Waals surface area contributed by atoms with E-state index in [0.29, 0.717) is 10.8 Å². The van der Waals surface area contributed by atoms with Gasteiger partial charge in [-0.05, 0) is 58.1 Å². The molecule has 0 bridgehead atoms. The van der Waals surface area contributed by atoms with Crippen LogP contribution in [0.5, 0.6) is 5.75 Å². The van der Waals surface area contributed by atoms with Crippen molar-refractivity contribution in [2.45, 2.75) is 80.6 Å². The van der Waals surface area contributed by atoms with Crippen LogP contribution in [0.15, 0.2) is 77.4 Å². The van der Waals surface area contributed by atoms with Gasteiger partial charge in [-0.3, -0.25) is 0 Å². The minimum atomic E-state index is 0.203. The van der Waals surface area contributed by atoms with Gasteiger partial charge < -0.3 is 9.15 Å². The van der Waals surface area contributed by atoms with E-state index < -0.39 is 0 Å². The Bertz CT molecular complexity index is 887. The van der Waals surface area contributed by atoms with Crippen molar-refractivity contribution in [2.75, 3.05) is 7.11 Å². The maximum Gasteiger partial charge on any atom is 0.119 e. The molecule has 2 aromatic carbocycles. The third-order valence-corrected chi connectivity index (χ3v) is 4.80. The first-order valence-electron chi connectivity index (χ1n) is 11.9. The number of ether oxygens (including phenoxy) is 1. The van der Waals surface area contributed by atoms with Gasteiger partial charge in [-0.2, -0.15) is 0 Å². The van der Waals surface area contributed by atoms with Crippen molar-refractivity contribution in [1.82, 2.24) is 0 Å². The SMILES string of the molecule is CC(C)(C)Cc1ccccc1.CC(C)(C)Cc1ccco1.COc1cccc(C(C)(C)C)c1. The molecular formula is C31H46O2. The van der Waals surface area contributed by atoms with Gasteiger partial charge in [-0.15, -0.1) is 0 Å². The molecule has 1 heterocycles. The Morgan fingerprint density at radius 1 is 0.667 bits per heavy atom. The lowest BCUT2D eigenvalue weighted by atomic mass is 9.87. The summed E-state index contributed by atoms with van der Waals surface area (Å²) in [6.07, 6.45) is 3.90. The molecule has 0 amide bonds. The molecule has 3 rings (SSSR count). The van der Waals surface area contributed by atoms with Crippen LogP contribution in [-0.4, -0.2) is 7.11 Å². The van der Waals surface area contributed by atoms with Crippen LogP contribution in [0.3, 0.4) is 0 Å². The van der Waals surface area contributed by atoms with Gasteiger partial charge in [0.15, 0.2) is 0 Å². The molecule has 182 valence electrons. The maximum absolute atomic E-state index is 5.21. The van der Waals surface area contributed by atoms with E-state index in [2.05, 4.69) is 105 Å². The molecule has 33 heavy (non-hydrogen) atoms. The number of hydrogen-bond donors (Lipinski definition) is 0. The molecule has 2 heteroatoms. The first kappa shape index (κ1) is 28.6. The van der Waals surface area contributed by atoms with Crippen molar-refractivity contribution in [2.24, 2.45) is 10.8 Å². The number of furan rings is 1. The molecule has 0 spiro atoms. The number of rotatable bonds is 3. The first-order chi connectivity index (χ1) is 15.2. The van der Waals surface area contributed by atoms with Crippen LogP contribution in [0.25, 0.3) is 0 Å². The molecule has 0 aliphatic rings. The molecule has 3 aromatic rings. The topological polar surface area (TPSA) is 22.4 Å². The highest BCUT2D eigenvalue weighted by molar-refractivity contribution is 5.32. The van der Waals surface area contributed by atoms with Crippen LogP contribution in [-0.2, 0) is 18.3 Å². The summed E-state index contributed by atoms with van der Waals surface area (Å²) < 4.78 is 10.4. The smallest absolute Gasteiger partial charge is 0.119 e. The predicted molar refractivity (Wildman–Crippen MR) is 143 cm³/mol. The molecule has 0 fully saturated rings. The Morgan fingerprint density at radius 2 is 1.27 bits per heavy atom. The van der Waals surface area contributed by atoms with Gasteiger partial charge >= 0.3 is 0 Å². The highest BCUT2D eigenvalue weighted by Gasteiger charge is 2.13. The monoisotopic (exact) mass is 450 g/mol. The molecule has 0 radical (unpaired) electrons. The molecule has 0 saturated heterocycles. The second-order valence-corrected chi connectivity index (χ2v) is 12.0. The van der Waals surface area contributed by atoms with Gasteiger partial charge in [0.1, 0.15) is 11.5 Å². The second kappa shape index (κ2) is 12.7. The van der Waals surface area contributed by atoms with Crippen LogP contribution in [0, 0.1) is 10.8 Å². The van der Waals surface area contributed by atoms with Crippen LogP contribution in [0.2, 0.25) is 0 Å². The van der Waals surface area contributed by atoms with Crippen molar-refractivity contribution in [3.63, 3.8) is 0 Å². The summed E-state index contributed by atoms with van der Waals surface area (Å²) in [6.45, 7) is 20.0. The Kier molecular flexibility index (Phi) is 11.0. The van der Waals surface area contributed by atoms with Crippen molar-refractivity contribution in [1.29, 1.82) is 0 Å². The molecule has 0 unspecified atom stereocenters. The van der Waals surface area contributed by atoms with E-state index in [0.717, 1.165) is 24.4 Å². The minimum absolute atomic E-state index is 0.203. The minimum Gasteiger partial charge on any atom is -0.497 e. The zero-order valence-corrected chi connectivity index (χ0v) is 22.7. The molecule has 1 aromatic heterocycles. The van der Waals surface area contributed by atoms with Crippen LogP contribution in [0.4, 0.5) is 0 Å². The summed E-state index contributed by atoms with van der Waals surface area (Å²) in [5, 5.41) is 0. The van der Waals surface area contributed by atoms with Crippen LogP contribution >= 0.6 is 0 Å². The van der Waals surface area contributed by atoms with Crippen molar-refractivity contribution < 1.29 is 9.15 Å². The molecular weight excluding hydrogens is 404 g/mol. The normalized spacial score (nSPS) is 11.6. The second-order valence-electron chi connectivity index (χ2n) is 12.0. The molecule has 0 atom stereocenters. The van der Waals surface area contributed by atoms with Crippen molar-refractivity contribution in [3.8, 4) is 5.75 Å².